The van der Waals surface area contributed by atoms with Gasteiger partial charge < -0.3 is 35.4 Å². The maximum absolute atomic E-state index is 12.1. The Hall–Kier alpha value is -2.43. The van der Waals surface area contributed by atoms with Crippen LogP contribution in [-0.2, 0) is 23.4 Å². The third kappa shape index (κ3) is 4.76. The van der Waals surface area contributed by atoms with E-state index in [9.17, 15) is 29.3 Å². The summed E-state index contributed by atoms with van der Waals surface area (Å²) in [5, 5.41) is 31.6. The Morgan fingerprint density at radius 2 is 2.19 bits per heavy atom. The minimum absolute atomic E-state index is 0.0163. The minimum Gasteiger partial charge on any atom is -0.468 e. The fraction of sp³-hybridized carbons (Fsp3) is 0.571. The monoisotopic (exact) mass is 464 g/mol. The van der Waals surface area contributed by atoms with Gasteiger partial charge in [0.2, 0.25) is 5.95 Å². The van der Waals surface area contributed by atoms with Crippen LogP contribution in [0.25, 0.3) is 11.2 Å². The van der Waals surface area contributed by atoms with E-state index < -0.39 is 63.1 Å². The first-order valence-electron chi connectivity index (χ1n) is 8.75. The lowest BCUT2D eigenvalue weighted by Gasteiger charge is -2.21. The average Bonchev–Trinajstić information content (AvgIpc) is 3.25. The molecule has 172 valence electrons. The molecule has 0 aromatic carbocycles. The Morgan fingerprint density at radius 1 is 1.48 bits per heavy atom. The first kappa shape index (κ1) is 23.2. The number of methoxy groups -OCH3 is 1. The summed E-state index contributed by atoms with van der Waals surface area (Å²) < 4.78 is 28.0. The molecule has 0 amide bonds. The number of nitrogens with zero attached hydrogens (tertiary/aromatic N) is 3. The van der Waals surface area contributed by atoms with Crippen molar-refractivity contribution in [3.05, 3.63) is 16.7 Å². The van der Waals surface area contributed by atoms with Gasteiger partial charge in [0.1, 0.15) is 24.4 Å². The summed E-state index contributed by atoms with van der Waals surface area (Å²) in [7, 11) is -3.62. The summed E-state index contributed by atoms with van der Waals surface area (Å²) in [6, 6.07) is -1.53. The quantitative estimate of drug-likeness (QED) is 0.148. The van der Waals surface area contributed by atoms with Crippen molar-refractivity contribution in [1.29, 1.82) is 0 Å². The van der Waals surface area contributed by atoms with Crippen LogP contribution in [0.1, 0.15) is 6.23 Å². The predicted octanol–water partition coefficient (Wildman–Crippen LogP) is -3.44. The van der Waals surface area contributed by atoms with Crippen LogP contribution in [0.5, 0.6) is 0 Å². The Bertz CT molecular complexity index is 1060. The van der Waals surface area contributed by atoms with Crippen molar-refractivity contribution < 1.29 is 43.6 Å². The number of aromatic amines is 1. The molecule has 1 fully saturated rings. The topological polar surface area (TPSA) is 244 Å². The molecule has 31 heavy (non-hydrogen) atoms. The molecule has 0 bridgehead atoms. The number of carbonyl (C=O) groups excluding carboxylic acids is 1. The summed E-state index contributed by atoms with van der Waals surface area (Å²) in [4.78, 5) is 43.2. The van der Waals surface area contributed by atoms with Gasteiger partial charge in [-0.05, 0) is 0 Å². The first-order chi connectivity index (χ1) is 14.6. The van der Waals surface area contributed by atoms with Gasteiger partial charge in [-0.25, -0.2) is 14.6 Å². The maximum Gasteiger partial charge on any atom is 0.403 e. The highest BCUT2D eigenvalue weighted by molar-refractivity contribution is 7.50. The fourth-order valence-corrected chi connectivity index (χ4v) is 3.95. The van der Waals surface area contributed by atoms with E-state index in [1.54, 1.807) is 0 Å². The van der Waals surface area contributed by atoms with Crippen LogP contribution in [0.15, 0.2) is 11.1 Å². The van der Waals surface area contributed by atoms with E-state index in [0.29, 0.717) is 0 Å². The molecule has 1 saturated heterocycles. The van der Waals surface area contributed by atoms with Gasteiger partial charge in [0.05, 0.1) is 26.7 Å². The summed E-state index contributed by atoms with van der Waals surface area (Å²) in [6.45, 7) is -1.52. The van der Waals surface area contributed by atoms with E-state index in [4.69, 9.17) is 20.1 Å². The molecular weight excluding hydrogens is 443 g/mol. The van der Waals surface area contributed by atoms with Crippen molar-refractivity contribution in [3.63, 3.8) is 0 Å². The number of ether oxygens (including phenoxy) is 2. The largest absolute Gasteiger partial charge is 0.468 e. The zero-order valence-corrected chi connectivity index (χ0v) is 16.9. The Morgan fingerprint density at radius 3 is 2.84 bits per heavy atom. The number of anilines is 1. The van der Waals surface area contributed by atoms with Gasteiger partial charge in [0, 0.05) is 0 Å². The zero-order valence-electron chi connectivity index (χ0n) is 16.0. The van der Waals surface area contributed by atoms with Crippen LogP contribution in [-0.4, -0.2) is 90.4 Å². The number of nitrogens with two attached hydrogens (primary N) is 1. The van der Waals surface area contributed by atoms with Crippen molar-refractivity contribution in [1.82, 2.24) is 24.6 Å². The number of esters is 1. The molecule has 1 aliphatic rings. The van der Waals surface area contributed by atoms with E-state index in [2.05, 4.69) is 19.7 Å². The second-order valence-corrected chi connectivity index (χ2v) is 8.08. The number of nitrogens with one attached hydrogen (secondary N) is 2. The molecule has 3 rings (SSSR count). The van der Waals surface area contributed by atoms with Crippen LogP contribution in [0, 0.1) is 0 Å². The summed E-state index contributed by atoms with van der Waals surface area (Å²) in [6.07, 6.45) is -4.51. The van der Waals surface area contributed by atoms with Gasteiger partial charge in [-0.15, -0.1) is 0 Å². The maximum atomic E-state index is 12.1. The average molecular weight is 464 g/mol. The number of H-pyrrole nitrogens is 1. The fourth-order valence-electron chi connectivity index (χ4n) is 2.94. The molecular formula is C14H21N6O10P. The molecule has 1 aliphatic heterocycles. The van der Waals surface area contributed by atoms with E-state index in [0.717, 1.165) is 13.4 Å². The normalized spacial score (nSPS) is 26.6. The molecule has 0 spiro atoms. The number of imidazole rings is 1. The van der Waals surface area contributed by atoms with Gasteiger partial charge in [0.25, 0.3) is 5.56 Å². The van der Waals surface area contributed by atoms with Crippen LogP contribution in [0.3, 0.4) is 0 Å². The van der Waals surface area contributed by atoms with E-state index >= 15 is 0 Å². The number of carbonyl (C=O) groups is 1. The van der Waals surface area contributed by atoms with Crippen LogP contribution < -0.4 is 16.4 Å². The van der Waals surface area contributed by atoms with Crippen molar-refractivity contribution in [3.8, 4) is 0 Å². The van der Waals surface area contributed by atoms with Crippen molar-refractivity contribution in [2.24, 2.45) is 0 Å². The van der Waals surface area contributed by atoms with Gasteiger partial charge in [-0.3, -0.25) is 23.7 Å². The molecule has 0 radical (unpaired) electrons. The van der Waals surface area contributed by atoms with Crippen LogP contribution in [0.2, 0.25) is 0 Å². The van der Waals surface area contributed by atoms with Crippen molar-refractivity contribution in [2.45, 2.75) is 30.6 Å². The molecule has 6 atom stereocenters. The van der Waals surface area contributed by atoms with Gasteiger partial charge in [0.15, 0.2) is 17.4 Å². The number of aromatic nitrogens is 4. The summed E-state index contributed by atoms with van der Waals surface area (Å²) >= 11 is 0. The molecule has 8 N–H and O–H groups in total. The molecule has 3 heterocycles. The van der Waals surface area contributed by atoms with Crippen LogP contribution >= 0.6 is 7.75 Å². The molecule has 0 aliphatic carbocycles. The highest BCUT2D eigenvalue weighted by atomic mass is 31.2. The van der Waals surface area contributed by atoms with Gasteiger partial charge >= 0.3 is 13.7 Å². The van der Waals surface area contributed by atoms with Gasteiger partial charge in [-0.2, -0.15) is 4.98 Å². The lowest BCUT2D eigenvalue weighted by Crippen LogP contribution is -2.40. The number of aliphatic hydroxyl groups excluding tert-OH is 3. The number of nitrogen functional groups attached to an aromatic ring is 1. The molecule has 1 unspecified atom stereocenters. The molecule has 17 heteroatoms. The second kappa shape index (κ2) is 8.97. The number of aliphatic hydroxyl groups is 3. The zero-order chi connectivity index (χ0) is 22.9. The summed E-state index contributed by atoms with van der Waals surface area (Å²) in [5.74, 6) is -1.20. The Kier molecular flexibility index (Phi) is 6.73. The number of hydrogen-bond acceptors (Lipinski definition) is 12. The van der Waals surface area contributed by atoms with E-state index in [1.807, 2.05) is 5.09 Å². The lowest BCUT2D eigenvalue weighted by molar-refractivity contribution is -0.143. The minimum atomic E-state index is -4.64. The third-order valence-corrected chi connectivity index (χ3v) is 5.60. The SMILES string of the molecule is COC(=O)[C@H](CO)NP(=O)(O)OC[C@H]1O[C@@H](n2cnc3c(=O)[nH]c(N)nc32)[C@H](O)[C@@H]1O. The first-order valence-corrected chi connectivity index (χ1v) is 10.3. The third-order valence-electron chi connectivity index (χ3n) is 4.46. The van der Waals surface area contributed by atoms with Crippen LogP contribution in [0.4, 0.5) is 5.95 Å². The van der Waals surface area contributed by atoms with Crippen molar-refractivity contribution >= 4 is 30.8 Å². The molecule has 2 aromatic heterocycles. The van der Waals surface area contributed by atoms with Gasteiger partial charge in [-0.1, -0.05) is 0 Å². The number of fused-ring (bicyclic) bond motifs is 1. The standard InChI is InChI=1S/C14H21N6O10P/c1-28-13(25)5(2-21)19-31(26,27)29-3-6-8(22)9(23)12(30-6)20-4-16-7-10(20)17-14(15)18-11(7)24/h4-6,8-9,12,21-23H,2-3H2,1H3,(H2,19,26,27)(H3,15,17,18,24)/t5-,6+,8+,9+,12+/m0/s1. The highest BCUT2D eigenvalue weighted by Crippen LogP contribution is 2.40. The number of rotatable bonds is 8. The molecule has 16 nitrogen and oxygen atoms in total. The predicted molar refractivity (Wildman–Crippen MR) is 100 cm³/mol. The van der Waals surface area contributed by atoms with E-state index in [1.165, 1.54) is 4.57 Å². The smallest absolute Gasteiger partial charge is 0.403 e. The van der Waals surface area contributed by atoms with E-state index in [-0.39, 0.29) is 17.1 Å². The number of hydrogen-bond donors (Lipinski definition) is 7. The second-order valence-electron chi connectivity index (χ2n) is 6.53. The van der Waals surface area contributed by atoms with Crippen molar-refractivity contribution in [2.75, 3.05) is 26.1 Å². The summed E-state index contributed by atoms with van der Waals surface area (Å²) in [5.41, 5.74) is 4.80. The lowest BCUT2D eigenvalue weighted by atomic mass is 10.1. The Labute approximate surface area is 173 Å². The Balaban J connectivity index is 1.72. The molecule has 0 saturated carbocycles. The molecule has 2 aromatic rings. The highest BCUT2D eigenvalue weighted by Gasteiger charge is 2.45.